The van der Waals surface area contributed by atoms with Gasteiger partial charge in [-0.3, -0.25) is 4.79 Å². The minimum atomic E-state index is 0.0172. The van der Waals surface area contributed by atoms with Crippen LogP contribution in [0, 0.1) is 0 Å². The standard InChI is InChI=1S/C22H37NO/c1-4-7-9-14-18-23(19-15-10-8-5-2)22(24)21(6-3)20-16-12-11-13-17-20/h11-13,16-17,21H,4-10,14-15,18-19H2,1-3H3. The third-order valence-corrected chi connectivity index (χ3v) is 4.78. The average Bonchev–Trinajstić information content (AvgIpc) is 2.62. The molecule has 1 rings (SSSR count). The van der Waals surface area contributed by atoms with Crippen LogP contribution < -0.4 is 0 Å². The van der Waals surface area contributed by atoms with Gasteiger partial charge in [0.1, 0.15) is 0 Å². The van der Waals surface area contributed by atoms with Crippen molar-refractivity contribution >= 4 is 5.91 Å². The number of carbonyl (C=O) groups is 1. The van der Waals surface area contributed by atoms with Gasteiger partial charge in [-0.25, -0.2) is 0 Å². The molecule has 1 aromatic carbocycles. The summed E-state index contributed by atoms with van der Waals surface area (Å²) in [7, 11) is 0. The van der Waals surface area contributed by atoms with Crippen molar-refractivity contribution in [3.8, 4) is 0 Å². The van der Waals surface area contributed by atoms with E-state index in [2.05, 4.69) is 37.8 Å². The van der Waals surface area contributed by atoms with Crippen molar-refractivity contribution in [3.05, 3.63) is 35.9 Å². The van der Waals surface area contributed by atoms with Gasteiger partial charge in [-0.05, 0) is 24.8 Å². The summed E-state index contributed by atoms with van der Waals surface area (Å²) >= 11 is 0. The van der Waals surface area contributed by atoms with Gasteiger partial charge in [0, 0.05) is 13.1 Å². The molecule has 0 fully saturated rings. The highest BCUT2D eigenvalue weighted by Gasteiger charge is 2.23. The van der Waals surface area contributed by atoms with E-state index in [-0.39, 0.29) is 5.92 Å². The van der Waals surface area contributed by atoms with E-state index in [9.17, 15) is 4.79 Å². The van der Waals surface area contributed by atoms with Gasteiger partial charge < -0.3 is 4.90 Å². The van der Waals surface area contributed by atoms with E-state index in [1.54, 1.807) is 0 Å². The SMILES string of the molecule is CCCCCCN(CCCCCC)C(=O)C(CC)c1ccccc1. The van der Waals surface area contributed by atoms with Gasteiger partial charge in [0.2, 0.25) is 5.91 Å². The van der Waals surface area contributed by atoms with Crippen molar-refractivity contribution in [3.63, 3.8) is 0 Å². The molecular formula is C22H37NO. The predicted octanol–water partition coefficient (Wildman–Crippen LogP) is 6.17. The van der Waals surface area contributed by atoms with Crippen LogP contribution in [0.2, 0.25) is 0 Å². The third kappa shape index (κ3) is 7.51. The molecule has 24 heavy (non-hydrogen) atoms. The molecule has 0 saturated carbocycles. The number of hydrogen-bond acceptors (Lipinski definition) is 1. The highest BCUT2D eigenvalue weighted by Crippen LogP contribution is 2.22. The van der Waals surface area contributed by atoms with Crippen LogP contribution in [0.1, 0.15) is 90.0 Å². The minimum Gasteiger partial charge on any atom is -0.342 e. The number of nitrogens with zero attached hydrogens (tertiary/aromatic N) is 1. The van der Waals surface area contributed by atoms with Gasteiger partial charge in [0.05, 0.1) is 5.92 Å². The summed E-state index contributed by atoms with van der Waals surface area (Å²) < 4.78 is 0. The molecule has 2 nitrogen and oxygen atoms in total. The van der Waals surface area contributed by atoms with Crippen molar-refractivity contribution in [1.29, 1.82) is 0 Å². The lowest BCUT2D eigenvalue weighted by molar-refractivity contribution is -0.133. The zero-order valence-electron chi connectivity index (χ0n) is 16.1. The lowest BCUT2D eigenvalue weighted by atomic mass is 9.94. The Hall–Kier alpha value is -1.31. The molecule has 0 aliphatic heterocycles. The molecule has 0 bridgehead atoms. The summed E-state index contributed by atoms with van der Waals surface area (Å²) in [5.74, 6) is 0.347. The second kappa shape index (κ2) is 13.0. The Labute approximate surface area is 149 Å². The van der Waals surface area contributed by atoms with E-state index in [0.29, 0.717) is 5.91 Å². The summed E-state index contributed by atoms with van der Waals surface area (Å²) in [6.07, 6.45) is 10.6. The average molecular weight is 332 g/mol. The lowest BCUT2D eigenvalue weighted by Gasteiger charge is -2.27. The Bertz CT molecular complexity index is 417. The number of amides is 1. The maximum absolute atomic E-state index is 13.1. The van der Waals surface area contributed by atoms with Crippen molar-refractivity contribution < 1.29 is 4.79 Å². The van der Waals surface area contributed by atoms with Gasteiger partial charge in [-0.15, -0.1) is 0 Å². The number of rotatable bonds is 13. The van der Waals surface area contributed by atoms with Crippen LogP contribution in [0.25, 0.3) is 0 Å². The largest absolute Gasteiger partial charge is 0.342 e. The van der Waals surface area contributed by atoms with Gasteiger partial charge in [0.25, 0.3) is 0 Å². The van der Waals surface area contributed by atoms with E-state index in [0.717, 1.165) is 37.9 Å². The van der Waals surface area contributed by atoms with Gasteiger partial charge in [0.15, 0.2) is 0 Å². The van der Waals surface area contributed by atoms with E-state index in [1.165, 1.54) is 38.5 Å². The lowest BCUT2D eigenvalue weighted by Crippen LogP contribution is -2.36. The number of unbranched alkanes of at least 4 members (excludes halogenated alkanes) is 6. The fourth-order valence-corrected chi connectivity index (χ4v) is 3.25. The van der Waals surface area contributed by atoms with E-state index >= 15 is 0 Å². The minimum absolute atomic E-state index is 0.0172. The molecule has 0 spiro atoms. The van der Waals surface area contributed by atoms with Crippen LogP contribution in [0.5, 0.6) is 0 Å². The highest BCUT2D eigenvalue weighted by molar-refractivity contribution is 5.83. The van der Waals surface area contributed by atoms with Gasteiger partial charge in [-0.1, -0.05) is 89.6 Å². The Kier molecular flexibility index (Phi) is 11.3. The van der Waals surface area contributed by atoms with Crippen LogP contribution >= 0.6 is 0 Å². The molecule has 1 amide bonds. The fourth-order valence-electron chi connectivity index (χ4n) is 3.25. The summed E-state index contributed by atoms with van der Waals surface area (Å²) in [5.41, 5.74) is 1.16. The molecule has 0 aromatic heterocycles. The quantitative estimate of drug-likeness (QED) is 0.396. The second-order valence-corrected chi connectivity index (χ2v) is 6.82. The molecular weight excluding hydrogens is 294 g/mol. The molecule has 1 unspecified atom stereocenters. The van der Waals surface area contributed by atoms with Crippen LogP contribution in [-0.2, 0) is 4.79 Å². The summed E-state index contributed by atoms with van der Waals surface area (Å²) in [4.78, 5) is 15.3. The van der Waals surface area contributed by atoms with E-state index in [1.807, 2.05) is 18.2 Å². The zero-order valence-corrected chi connectivity index (χ0v) is 16.1. The van der Waals surface area contributed by atoms with Crippen molar-refractivity contribution in [2.45, 2.75) is 84.5 Å². The second-order valence-electron chi connectivity index (χ2n) is 6.82. The maximum atomic E-state index is 13.1. The van der Waals surface area contributed by atoms with Crippen molar-refractivity contribution in [1.82, 2.24) is 4.90 Å². The molecule has 0 aliphatic carbocycles. The Balaban J connectivity index is 2.68. The normalized spacial score (nSPS) is 12.1. The van der Waals surface area contributed by atoms with Crippen LogP contribution in [0.4, 0.5) is 0 Å². The molecule has 0 aliphatic rings. The first-order chi connectivity index (χ1) is 11.7. The molecule has 0 N–H and O–H groups in total. The Morgan fingerprint density at radius 2 is 1.38 bits per heavy atom. The molecule has 1 atom stereocenters. The zero-order chi connectivity index (χ0) is 17.6. The maximum Gasteiger partial charge on any atom is 0.230 e. The molecule has 2 heteroatoms. The van der Waals surface area contributed by atoms with Crippen LogP contribution in [0.3, 0.4) is 0 Å². The molecule has 1 aromatic rings. The number of hydrogen-bond donors (Lipinski definition) is 0. The number of benzene rings is 1. The third-order valence-electron chi connectivity index (χ3n) is 4.78. The molecule has 0 saturated heterocycles. The first kappa shape index (κ1) is 20.7. The topological polar surface area (TPSA) is 20.3 Å². The molecule has 0 heterocycles. The highest BCUT2D eigenvalue weighted by atomic mass is 16.2. The molecule has 136 valence electrons. The van der Waals surface area contributed by atoms with Crippen LogP contribution in [-0.4, -0.2) is 23.9 Å². The van der Waals surface area contributed by atoms with Gasteiger partial charge >= 0.3 is 0 Å². The smallest absolute Gasteiger partial charge is 0.230 e. The monoisotopic (exact) mass is 331 g/mol. The fraction of sp³-hybridized carbons (Fsp3) is 0.682. The van der Waals surface area contributed by atoms with Gasteiger partial charge in [-0.2, -0.15) is 0 Å². The summed E-state index contributed by atoms with van der Waals surface area (Å²) in [6.45, 7) is 8.44. The first-order valence-electron chi connectivity index (χ1n) is 10.1. The predicted molar refractivity (Wildman–Crippen MR) is 104 cm³/mol. The Morgan fingerprint density at radius 1 is 0.833 bits per heavy atom. The Morgan fingerprint density at radius 3 is 1.83 bits per heavy atom. The van der Waals surface area contributed by atoms with E-state index < -0.39 is 0 Å². The first-order valence-corrected chi connectivity index (χ1v) is 10.1. The van der Waals surface area contributed by atoms with Crippen molar-refractivity contribution in [2.24, 2.45) is 0 Å². The summed E-state index contributed by atoms with van der Waals surface area (Å²) in [6, 6.07) is 10.3. The molecule has 0 radical (unpaired) electrons. The summed E-state index contributed by atoms with van der Waals surface area (Å²) in [5, 5.41) is 0. The van der Waals surface area contributed by atoms with Crippen LogP contribution in [0.15, 0.2) is 30.3 Å². The van der Waals surface area contributed by atoms with E-state index in [4.69, 9.17) is 0 Å². The number of carbonyl (C=O) groups excluding carboxylic acids is 1. The van der Waals surface area contributed by atoms with Crippen molar-refractivity contribution in [2.75, 3.05) is 13.1 Å².